The fourth-order valence-corrected chi connectivity index (χ4v) is 5.64. The lowest BCUT2D eigenvalue weighted by atomic mass is 10.0. The van der Waals surface area contributed by atoms with Crippen LogP contribution in [-0.4, -0.2) is 0 Å². The Hall–Kier alpha value is -2.93. The van der Waals surface area contributed by atoms with E-state index < -0.39 is 7.37 Å². The van der Waals surface area contributed by atoms with Crippen molar-refractivity contribution in [2.75, 3.05) is 0 Å². The van der Waals surface area contributed by atoms with Gasteiger partial charge in [0.1, 0.15) is 0 Å². The third-order valence-electron chi connectivity index (χ3n) is 4.90. The van der Waals surface area contributed by atoms with Crippen LogP contribution in [0.25, 0.3) is 0 Å². The lowest BCUT2D eigenvalue weighted by Crippen LogP contribution is -2.21. The summed E-state index contributed by atoms with van der Waals surface area (Å²) in [6.07, 6.45) is 0.318. The molecule has 0 aliphatic rings. The Labute approximate surface area is 172 Å². The standard InChI is InChI=1S/C26H23O2P/c27-29(24-17-9-3-10-18-24,25-19-11-4-12-20-25)28-26(23-15-7-2-8-16-23)21-22-13-5-1-6-14-22/h1-20,26H,21H2. The van der Waals surface area contributed by atoms with Crippen LogP contribution < -0.4 is 10.6 Å². The molecule has 29 heavy (non-hydrogen) atoms. The number of hydrogen-bond donors (Lipinski definition) is 0. The molecule has 0 heterocycles. The molecule has 0 aromatic heterocycles. The SMILES string of the molecule is O=P(OC(Cc1ccccc1)c1ccccc1)(c1ccccc1)c1ccccc1. The summed E-state index contributed by atoms with van der Waals surface area (Å²) < 4.78 is 20.9. The normalized spacial score (nSPS) is 12.4. The van der Waals surface area contributed by atoms with E-state index in [4.69, 9.17) is 4.52 Å². The van der Waals surface area contributed by atoms with Crippen molar-refractivity contribution < 1.29 is 9.09 Å². The van der Waals surface area contributed by atoms with Gasteiger partial charge in [-0.15, -0.1) is 0 Å². The van der Waals surface area contributed by atoms with Gasteiger partial charge in [0.05, 0.1) is 6.10 Å². The third-order valence-corrected chi connectivity index (χ3v) is 7.41. The van der Waals surface area contributed by atoms with Crippen molar-refractivity contribution in [2.45, 2.75) is 12.5 Å². The van der Waals surface area contributed by atoms with E-state index in [0.717, 1.165) is 11.1 Å². The Morgan fingerprint density at radius 1 is 0.586 bits per heavy atom. The Balaban J connectivity index is 1.77. The average molecular weight is 398 g/mol. The van der Waals surface area contributed by atoms with Gasteiger partial charge in [-0.05, 0) is 35.4 Å². The van der Waals surface area contributed by atoms with E-state index in [-0.39, 0.29) is 6.10 Å². The van der Waals surface area contributed by atoms with E-state index in [2.05, 4.69) is 12.1 Å². The maximum absolute atomic E-state index is 14.4. The van der Waals surface area contributed by atoms with Gasteiger partial charge >= 0.3 is 0 Å². The molecule has 144 valence electrons. The topological polar surface area (TPSA) is 26.3 Å². The van der Waals surface area contributed by atoms with E-state index in [1.165, 1.54) is 0 Å². The van der Waals surface area contributed by atoms with Gasteiger partial charge in [0, 0.05) is 17.0 Å². The Bertz CT molecular complexity index is 1020. The van der Waals surface area contributed by atoms with Crippen LogP contribution in [0.15, 0.2) is 121 Å². The highest BCUT2D eigenvalue weighted by Gasteiger charge is 2.32. The fraction of sp³-hybridized carbons (Fsp3) is 0.0769. The molecule has 0 amide bonds. The van der Waals surface area contributed by atoms with Crippen LogP contribution in [0.1, 0.15) is 17.2 Å². The van der Waals surface area contributed by atoms with E-state index in [0.29, 0.717) is 17.0 Å². The van der Waals surface area contributed by atoms with E-state index in [1.807, 2.05) is 109 Å². The maximum Gasteiger partial charge on any atom is 0.261 e. The first kappa shape index (κ1) is 19.4. The van der Waals surface area contributed by atoms with Gasteiger partial charge < -0.3 is 4.52 Å². The van der Waals surface area contributed by atoms with Crippen LogP contribution in [0.2, 0.25) is 0 Å². The van der Waals surface area contributed by atoms with Gasteiger partial charge in [-0.2, -0.15) is 0 Å². The minimum Gasteiger partial charge on any atom is -0.314 e. The van der Waals surface area contributed by atoms with Crippen LogP contribution in [0.4, 0.5) is 0 Å². The Kier molecular flexibility index (Phi) is 6.05. The molecular formula is C26H23O2P. The summed E-state index contributed by atoms with van der Waals surface area (Å²) in [4.78, 5) is 0. The summed E-state index contributed by atoms with van der Waals surface area (Å²) in [6.45, 7) is 0. The van der Waals surface area contributed by atoms with Gasteiger partial charge in [-0.1, -0.05) is 97.1 Å². The van der Waals surface area contributed by atoms with Gasteiger partial charge in [0.2, 0.25) is 0 Å². The molecule has 0 aliphatic heterocycles. The van der Waals surface area contributed by atoms with Crippen molar-refractivity contribution in [3.8, 4) is 0 Å². The molecular weight excluding hydrogens is 375 g/mol. The highest BCUT2D eigenvalue weighted by Crippen LogP contribution is 2.49. The molecule has 4 rings (SSSR count). The summed E-state index contributed by atoms with van der Waals surface area (Å²) in [5, 5.41) is 1.42. The second-order valence-corrected chi connectivity index (χ2v) is 9.26. The second-order valence-electron chi connectivity index (χ2n) is 6.92. The summed E-state index contributed by atoms with van der Waals surface area (Å²) in [6, 6.07) is 39.3. The average Bonchev–Trinajstić information content (AvgIpc) is 2.81. The number of benzene rings is 4. The lowest BCUT2D eigenvalue weighted by Gasteiger charge is -2.26. The van der Waals surface area contributed by atoms with Gasteiger partial charge in [0.25, 0.3) is 7.37 Å². The molecule has 0 N–H and O–H groups in total. The zero-order valence-electron chi connectivity index (χ0n) is 16.1. The van der Waals surface area contributed by atoms with Crippen molar-refractivity contribution in [3.05, 3.63) is 132 Å². The minimum atomic E-state index is -3.28. The predicted octanol–water partition coefficient (Wildman–Crippen LogP) is 5.92. The highest BCUT2D eigenvalue weighted by atomic mass is 31.2. The van der Waals surface area contributed by atoms with Crippen molar-refractivity contribution >= 4 is 18.0 Å². The summed E-state index contributed by atoms with van der Waals surface area (Å²) >= 11 is 0. The van der Waals surface area contributed by atoms with Crippen molar-refractivity contribution in [2.24, 2.45) is 0 Å². The van der Waals surface area contributed by atoms with E-state index in [1.54, 1.807) is 0 Å². The lowest BCUT2D eigenvalue weighted by molar-refractivity contribution is 0.217. The molecule has 0 saturated carbocycles. The zero-order valence-corrected chi connectivity index (χ0v) is 17.0. The molecule has 0 aliphatic carbocycles. The summed E-state index contributed by atoms with van der Waals surface area (Å²) in [5.41, 5.74) is 2.16. The molecule has 0 radical (unpaired) electrons. The molecule has 2 nitrogen and oxygen atoms in total. The van der Waals surface area contributed by atoms with Crippen LogP contribution in [0.3, 0.4) is 0 Å². The van der Waals surface area contributed by atoms with Crippen molar-refractivity contribution in [1.29, 1.82) is 0 Å². The molecule has 1 atom stereocenters. The molecule has 1 unspecified atom stereocenters. The summed E-state index contributed by atoms with van der Waals surface area (Å²) in [5.74, 6) is 0. The maximum atomic E-state index is 14.4. The largest absolute Gasteiger partial charge is 0.314 e. The molecule has 4 aromatic rings. The van der Waals surface area contributed by atoms with Gasteiger partial charge in [0.15, 0.2) is 0 Å². The first-order valence-corrected chi connectivity index (χ1v) is 11.4. The molecule has 4 aromatic carbocycles. The van der Waals surface area contributed by atoms with Crippen LogP contribution in [0.5, 0.6) is 0 Å². The predicted molar refractivity (Wildman–Crippen MR) is 120 cm³/mol. The van der Waals surface area contributed by atoms with E-state index >= 15 is 0 Å². The van der Waals surface area contributed by atoms with E-state index in [9.17, 15) is 4.57 Å². The monoisotopic (exact) mass is 398 g/mol. The molecule has 0 fully saturated rings. The molecule has 0 spiro atoms. The van der Waals surface area contributed by atoms with Gasteiger partial charge in [-0.3, -0.25) is 4.57 Å². The molecule has 0 saturated heterocycles. The van der Waals surface area contributed by atoms with Gasteiger partial charge in [-0.25, -0.2) is 0 Å². The summed E-state index contributed by atoms with van der Waals surface area (Å²) in [7, 11) is -3.28. The second kappa shape index (κ2) is 9.05. The van der Waals surface area contributed by atoms with Crippen LogP contribution >= 0.6 is 7.37 Å². The Morgan fingerprint density at radius 3 is 1.48 bits per heavy atom. The van der Waals surface area contributed by atoms with Crippen LogP contribution in [-0.2, 0) is 15.5 Å². The molecule has 0 bridgehead atoms. The first-order chi connectivity index (χ1) is 14.3. The highest BCUT2D eigenvalue weighted by molar-refractivity contribution is 7.74. The van der Waals surface area contributed by atoms with Crippen LogP contribution in [0, 0.1) is 0 Å². The quantitative estimate of drug-likeness (QED) is 0.362. The Morgan fingerprint density at radius 2 is 1.00 bits per heavy atom. The smallest absolute Gasteiger partial charge is 0.261 e. The zero-order chi connectivity index (χ0) is 19.9. The molecule has 3 heteroatoms. The number of hydrogen-bond acceptors (Lipinski definition) is 2. The third kappa shape index (κ3) is 4.56. The fourth-order valence-electron chi connectivity index (χ4n) is 3.41. The first-order valence-electron chi connectivity index (χ1n) is 9.74. The minimum absolute atomic E-state index is 0.329. The van der Waals surface area contributed by atoms with Crippen molar-refractivity contribution in [3.63, 3.8) is 0 Å². The number of rotatable bonds is 7. The van der Waals surface area contributed by atoms with Crippen molar-refractivity contribution in [1.82, 2.24) is 0 Å².